The second-order valence-electron chi connectivity index (χ2n) is 6.39. The van der Waals surface area contributed by atoms with E-state index in [4.69, 9.17) is 0 Å². The molecular weight excluding hydrogens is 290 g/mol. The molecule has 122 valence electrons. The van der Waals surface area contributed by atoms with E-state index in [1.165, 1.54) is 5.56 Å². The van der Waals surface area contributed by atoms with Crippen molar-refractivity contribution in [2.24, 2.45) is 7.05 Å². The fraction of sp³-hybridized carbons (Fsp3) is 0.444. The summed E-state index contributed by atoms with van der Waals surface area (Å²) in [5.74, 6) is 0.172. The summed E-state index contributed by atoms with van der Waals surface area (Å²) in [6, 6.07) is 5.42. The lowest BCUT2D eigenvalue weighted by atomic mass is 9.94. The van der Waals surface area contributed by atoms with Gasteiger partial charge in [-0.2, -0.15) is 5.10 Å². The fourth-order valence-corrected chi connectivity index (χ4v) is 3.55. The maximum absolute atomic E-state index is 12.9. The van der Waals surface area contributed by atoms with E-state index in [0.29, 0.717) is 6.54 Å². The molecule has 0 aliphatic carbocycles. The summed E-state index contributed by atoms with van der Waals surface area (Å²) in [6.07, 6.45) is 0.832. The Labute approximate surface area is 136 Å². The molecule has 5 heteroatoms. The minimum Gasteiger partial charge on any atom is -0.508 e. The molecular formula is C18H23N3O2. The van der Waals surface area contributed by atoms with Crippen LogP contribution in [0, 0.1) is 13.8 Å². The lowest BCUT2D eigenvalue weighted by Crippen LogP contribution is -2.38. The van der Waals surface area contributed by atoms with Gasteiger partial charge in [-0.25, -0.2) is 0 Å². The van der Waals surface area contributed by atoms with Crippen LogP contribution in [0.25, 0.3) is 0 Å². The summed E-state index contributed by atoms with van der Waals surface area (Å²) < 4.78 is 1.83. The number of carbonyl (C=O) groups is 1. The molecule has 1 unspecified atom stereocenters. The number of aromatic nitrogens is 2. The van der Waals surface area contributed by atoms with Crippen molar-refractivity contribution in [1.29, 1.82) is 0 Å². The molecule has 3 rings (SSSR count). The molecule has 1 aromatic heterocycles. The lowest BCUT2D eigenvalue weighted by Gasteiger charge is -2.31. The minimum absolute atomic E-state index is 0.123. The number of phenolic OH excluding ortho intramolecular Hbond substituents is 1. The Morgan fingerprint density at radius 1 is 1.30 bits per heavy atom. The van der Waals surface area contributed by atoms with Crippen LogP contribution in [0.1, 0.15) is 40.9 Å². The van der Waals surface area contributed by atoms with Crippen molar-refractivity contribution >= 4 is 5.91 Å². The first-order valence-electron chi connectivity index (χ1n) is 7.98. The molecule has 23 heavy (non-hydrogen) atoms. The first kappa shape index (κ1) is 15.6. The molecule has 0 radical (unpaired) electrons. The van der Waals surface area contributed by atoms with Crippen molar-refractivity contribution in [2.75, 3.05) is 6.54 Å². The van der Waals surface area contributed by atoms with E-state index in [2.05, 4.69) is 5.10 Å². The number of benzene rings is 1. The van der Waals surface area contributed by atoms with Crippen molar-refractivity contribution in [3.63, 3.8) is 0 Å². The van der Waals surface area contributed by atoms with Crippen LogP contribution in [0.3, 0.4) is 0 Å². The summed E-state index contributed by atoms with van der Waals surface area (Å²) in [4.78, 5) is 14.8. The second kappa shape index (κ2) is 5.72. The normalized spacial score (nSPS) is 15.4. The molecule has 0 bridgehead atoms. The number of hydrogen-bond donors (Lipinski definition) is 1. The number of hydrogen-bond acceptors (Lipinski definition) is 3. The third kappa shape index (κ3) is 2.71. The smallest absolute Gasteiger partial charge is 0.230 e. The van der Waals surface area contributed by atoms with E-state index in [0.717, 1.165) is 35.5 Å². The SMILES string of the molecule is Cc1nn(C)c(C)c1C(C)C(=O)N1CCc2ccc(O)cc2C1. The summed E-state index contributed by atoms with van der Waals surface area (Å²) in [5.41, 5.74) is 5.24. The zero-order chi connectivity index (χ0) is 16.7. The Hall–Kier alpha value is -2.30. The average molecular weight is 313 g/mol. The molecule has 2 heterocycles. The van der Waals surface area contributed by atoms with Crippen LogP contribution in [0.4, 0.5) is 0 Å². The second-order valence-corrected chi connectivity index (χ2v) is 6.39. The van der Waals surface area contributed by atoms with Gasteiger partial charge in [-0.1, -0.05) is 6.07 Å². The van der Waals surface area contributed by atoms with Crippen LogP contribution in [-0.4, -0.2) is 32.2 Å². The van der Waals surface area contributed by atoms with Gasteiger partial charge >= 0.3 is 0 Å². The van der Waals surface area contributed by atoms with Gasteiger partial charge in [0.2, 0.25) is 5.91 Å². The highest BCUT2D eigenvalue weighted by Crippen LogP contribution is 2.28. The zero-order valence-corrected chi connectivity index (χ0v) is 14.1. The Morgan fingerprint density at radius 2 is 2.04 bits per heavy atom. The Morgan fingerprint density at radius 3 is 2.70 bits per heavy atom. The maximum atomic E-state index is 12.9. The molecule has 1 aliphatic rings. The van der Waals surface area contributed by atoms with Gasteiger partial charge in [0.15, 0.2) is 0 Å². The van der Waals surface area contributed by atoms with Crippen molar-refractivity contribution in [3.8, 4) is 5.75 Å². The van der Waals surface area contributed by atoms with Crippen LogP contribution < -0.4 is 0 Å². The molecule has 0 saturated carbocycles. The van der Waals surface area contributed by atoms with Gasteiger partial charge in [-0.3, -0.25) is 9.48 Å². The van der Waals surface area contributed by atoms with Crippen molar-refractivity contribution in [3.05, 3.63) is 46.3 Å². The van der Waals surface area contributed by atoms with Gasteiger partial charge in [0.25, 0.3) is 0 Å². The van der Waals surface area contributed by atoms with Crippen molar-refractivity contribution < 1.29 is 9.90 Å². The van der Waals surface area contributed by atoms with Gasteiger partial charge in [0.1, 0.15) is 5.75 Å². The van der Waals surface area contributed by atoms with E-state index in [9.17, 15) is 9.90 Å². The van der Waals surface area contributed by atoms with E-state index < -0.39 is 0 Å². The molecule has 0 spiro atoms. The van der Waals surface area contributed by atoms with Crippen LogP contribution in [0.2, 0.25) is 0 Å². The van der Waals surface area contributed by atoms with Crippen LogP contribution >= 0.6 is 0 Å². The first-order chi connectivity index (χ1) is 10.9. The van der Waals surface area contributed by atoms with Gasteiger partial charge < -0.3 is 10.0 Å². The Bertz CT molecular complexity index is 764. The summed E-state index contributed by atoms with van der Waals surface area (Å²) in [6.45, 7) is 7.19. The predicted octanol–water partition coefficient (Wildman–Crippen LogP) is 2.43. The number of rotatable bonds is 2. The number of fused-ring (bicyclic) bond motifs is 1. The largest absolute Gasteiger partial charge is 0.508 e. The van der Waals surface area contributed by atoms with Gasteiger partial charge in [-0.05, 0) is 50.5 Å². The molecule has 1 atom stereocenters. The number of carbonyl (C=O) groups excluding carboxylic acids is 1. The monoisotopic (exact) mass is 313 g/mol. The lowest BCUT2D eigenvalue weighted by molar-refractivity contribution is -0.133. The highest BCUT2D eigenvalue weighted by Gasteiger charge is 2.29. The van der Waals surface area contributed by atoms with E-state index in [-0.39, 0.29) is 17.6 Å². The van der Waals surface area contributed by atoms with Crippen molar-refractivity contribution in [2.45, 2.75) is 39.7 Å². The quantitative estimate of drug-likeness (QED) is 0.926. The summed E-state index contributed by atoms with van der Waals surface area (Å²) in [5, 5.41) is 14.1. The Balaban J connectivity index is 1.84. The predicted molar refractivity (Wildman–Crippen MR) is 88.3 cm³/mol. The average Bonchev–Trinajstić information content (AvgIpc) is 2.78. The number of phenols is 1. The van der Waals surface area contributed by atoms with Gasteiger partial charge in [-0.15, -0.1) is 0 Å². The van der Waals surface area contributed by atoms with Crippen molar-refractivity contribution in [1.82, 2.24) is 14.7 Å². The zero-order valence-electron chi connectivity index (χ0n) is 14.1. The molecule has 5 nitrogen and oxygen atoms in total. The summed E-state index contributed by atoms with van der Waals surface area (Å²) in [7, 11) is 1.91. The highest BCUT2D eigenvalue weighted by molar-refractivity contribution is 5.84. The molecule has 0 saturated heterocycles. The first-order valence-corrected chi connectivity index (χ1v) is 7.98. The summed E-state index contributed by atoms with van der Waals surface area (Å²) >= 11 is 0. The minimum atomic E-state index is -0.206. The third-order valence-electron chi connectivity index (χ3n) is 4.88. The fourth-order valence-electron chi connectivity index (χ4n) is 3.55. The molecule has 1 aliphatic heterocycles. The van der Waals surface area contributed by atoms with Crippen LogP contribution in [0.15, 0.2) is 18.2 Å². The van der Waals surface area contributed by atoms with Gasteiger partial charge in [0.05, 0.1) is 11.6 Å². The highest BCUT2D eigenvalue weighted by atomic mass is 16.3. The van der Waals surface area contributed by atoms with Gasteiger partial charge in [0, 0.05) is 31.4 Å². The van der Waals surface area contributed by atoms with Crippen LogP contribution in [-0.2, 0) is 24.8 Å². The Kier molecular flexibility index (Phi) is 3.88. The van der Waals surface area contributed by atoms with E-state index in [1.54, 1.807) is 12.1 Å². The number of amides is 1. The van der Waals surface area contributed by atoms with Crippen LogP contribution in [0.5, 0.6) is 5.75 Å². The number of aryl methyl sites for hydroxylation is 2. The third-order valence-corrected chi connectivity index (χ3v) is 4.88. The molecule has 0 fully saturated rings. The molecule has 1 amide bonds. The van der Waals surface area contributed by atoms with E-state index >= 15 is 0 Å². The standard InChI is InChI=1S/C18H23N3O2/c1-11(17-12(2)19-20(4)13(17)3)18(23)21-8-7-14-5-6-16(22)9-15(14)10-21/h5-6,9,11,22H,7-8,10H2,1-4H3. The number of nitrogens with zero attached hydrogens (tertiary/aromatic N) is 3. The maximum Gasteiger partial charge on any atom is 0.230 e. The molecule has 1 aromatic carbocycles. The topological polar surface area (TPSA) is 58.4 Å². The molecule has 1 N–H and O–H groups in total. The molecule has 2 aromatic rings. The number of aromatic hydroxyl groups is 1. The van der Waals surface area contributed by atoms with E-state index in [1.807, 2.05) is 43.5 Å².